The smallest absolute Gasteiger partial charge is 0.231 e. The van der Waals surface area contributed by atoms with Crippen LogP contribution in [0.5, 0.6) is 0 Å². The van der Waals surface area contributed by atoms with Gasteiger partial charge in [0.1, 0.15) is 0 Å². The second kappa shape index (κ2) is 6.06. The normalized spacial score (nSPS) is 12.5. The highest BCUT2D eigenvalue weighted by Gasteiger charge is 2.16. The van der Waals surface area contributed by atoms with Gasteiger partial charge in [-0.25, -0.2) is 0 Å². The van der Waals surface area contributed by atoms with E-state index in [-0.39, 0.29) is 16.3 Å². The highest BCUT2D eigenvalue weighted by molar-refractivity contribution is 8.14. The van der Waals surface area contributed by atoms with Crippen LogP contribution in [-0.2, 0) is 9.59 Å². The Labute approximate surface area is 77.1 Å². The zero-order chi connectivity index (χ0) is 9.56. The Kier molecular flexibility index (Phi) is 5.80. The molecule has 1 unspecified atom stereocenters. The Hall–Kier alpha value is -0.510. The number of hydrogen-bond acceptors (Lipinski definition) is 3. The largest absolute Gasteiger partial charge is 0.369 e. The molecule has 0 bridgehead atoms. The Morgan fingerprint density at radius 2 is 2.08 bits per heavy atom. The maximum absolute atomic E-state index is 10.8. The monoisotopic (exact) mass is 189 g/mol. The summed E-state index contributed by atoms with van der Waals surface area (Å²) >= 11 is 1.03. The van der Waals surface area contributed by atoms with E-state index in [1.807, 2.05) is 6.92 Å². The van der Waals surface area contributed by atoms with E-state index in [0.29, 0.717) is 6.42 Å². The van der Waals surface area contributed by atoms with E-state index in [4.69, 9.17) is 5.73 Å². The Balaban J connectivity index is 3.87. The molecule has 70 valence electrons. The molecule has 0 heterocycles. The molecule has 0 aliphatic heterocycles. The van der Waals surface area contributed by atoms with Crippen molar-refractivity contribution in [3.05, 3.63) is 0 Å². The lowest BCUT2D eigenvalue weighted by molar-refractivity contribution is -0.118. The molecule has 0 radical (unpaired) electrons. The van der Waals surface area contributed by atoms with Crippen molar-refractivity contribution in [3.63, 3.8) is 0 Å². The zero-order valence-electron chi connectivity index (χ0n) is 7.50. The predicted molar refractivity (Wildman–Crippen MR) is 50.8 cm³/mol. The Morgan fingerprint density at radius 1 is 1.50 bits per heavy atom. The van der Waals surface area contributed by atoms with Gasteiger partial charge in [-0.15, -0.1) is 0 Å². The van der Waals surface area contributed by atoms with Crippen molar-refractivity contribution in [2.24, 2.45) is 5.73 Å². The molecule has 1 amide bonds. The maximum atomic E-state index is 10.8. The lowest BCUT2D eigenvalue weighted by Gasteiger charge is -2.08. The molecule has 0 aromatic carbocycles. The van der Waals surface area contributed by atoms with Crippen molar-refractivity contribution in [1.82, 2.24) is 0 Å². The number of hydrogen-bond donors (Lipinski definition) is 1. The summed E-state index contributed by atoms with van der Waals surface area (Å²) in [5, 5.41) is -0.377. The third-order valence-corrected chi connectivity index (χ3v) is 2.53. The fourth-order valence-corrected chi connectivity index (χ4v) is 1.65. The number of carbonyl (C=O) groups is 2. The molecular formula is C8H15NO2S. The number of nitrogens with two attached hydrogens (primary N) is 1. The Bertz CT molecular complexity index is 170. The van der Waals surface area contributed by atoms with E-state index in [2.05, 4.69) is 0 Å². The molecule has 0 spiro atoms. The van der Waals surface area contributed by atoms with Gasteiger partial charge in [0.25, 0.3) is 0 Å². The first-order valence-electron chi connectivity index (χ1n) is 4.04. The molecule has 0 fully saturated rings. The number of carbonyl (C=O) groups excluding carboxylic acids is 2. The molecule has 2 N–H and O–H groups in total. The fraction of sp³-hybridized carbons (Fsp3) is 0.750. The van der Waals surface area contributed by atoms with Crippen molar-refractivity contribution in [3.8, 4) is 0 Å². The minimum atomic E-state index is -0.386. The van der Waals surface area contributed by atoms with Gasteiger partial charge in [-0.2, -0.15) is 0 Å². The topological polar surface area (TPSA) is 60.2 Å². The lowest BCUT2D eigenvalue weighted by Crippen LogP contribution is -2.26. The molecule has 0 saturated carbocycles. The number of rotatable bonds is 5. The molecule has 0 aromatic rings. The average Bonchev–Trinajstić information content (AvgIpc) is 1.96. The number of unbranched alkanes of at least 4 members (excludes halogenated alkanes) is 1. The third-order valence-electron chi connectivity index (χ3n) is 1.45. The van der Waals surface area contributed by atoms with E-state index >= 15 is 0 Å². The molecule has 0 aliphatic carbocycles. The van der Waals surface area contributed by atoms with Gasteiger partial charge in [-0.3, -0.25) is 9.59 Å². The summed E-state index contributed by atoms with van der Waals surface area (Å²) in [7, 11) is 0. The van der Waals surface area contributed by atoms with Gasteiger partial charge < -0.3 is 5.73 Å². The van der Waals surface area contributed by atoms with Crippen molar-refractivity contribution in [2.75, 3.05) is 0 Å². The molecule has 0 aliphatic rings. The van der Waals surface area contributed by atoms with E-state index in [1.54, 1.807) is 0 Å². The predicted octanol–water partition coefficient (Wildman–Crippen LogP) is 1.31. The molecule has 0 rings (SSSR count). The molecule has 0 aromatic heterocycles. The standard InChI is InChI=1S/C8H15NO2S/c1-3-4-5-7(8(9)11)12-6(2)10/h7H,3-5H2,1-2H3,(H2,9,11). The SMILES string of the molecule is CCCCC(SC(C)=O)C(N)=O. The number of thioether (sulfide) groups is 1. The van der Waals surface area contributed by atoms with E-state index in [9.17, 15) is 9.59 Å². The van der Waals surface area contributed by atoms with Gasteiger partial charge in [0.05, 0.1) is 5.25 Å². The van der Waals surface area contributed by atoms with Gasteiger partial charge in [0.2, 0.25) is 5.91 Å². The van der Waals surface area contributed by atoms with Gasteiger partial charge in [0, 0.05) is 6.92 Å². The fourth-order valence-electron chi connectivity index (χ4n) is 0.849. The average molecular weight is 189 g/mol. The minimum Gasteiger partial charge on any atom is -0.369 e. The molecule has 3 nitrogen and oxygen atoms in total. The van der Waals surface area contributed by atoms with Crippen LogP contribution in [0.25, 0.3) is 0 Å². The summed E-state index contributed by atoms with van der Waals surface area (Å²) in [6.07, 6.45) is 2.66. The quantitative estimate of drug-likeness (QED) is 0.709. The van der Waals surface area contributed by atoms with Crippen LogP contribution < -0.4 is 5.73 Å². The van der Waals surface area contributed by atoms with Crippen LogP contribution >= 0.6 is 11.8 Å². The first kappa shape index (κ1) is 11.5. The van der Waals surface area contributed by atoms with Crippen LogP contribution in [0.15, 0.2) is 0 Å². The van der Waals surface area contributed by atoms with Crippen LogP contribution in [0, 0.1) is 0 Å². The van der Waals surface area contributed by atoms with E-state index in [0.717, 1.165) is 24.6 Å². The molecule has 0 saturated heterocycles. The van der Waals surface area contributed by atoms with Crippen LogP contribution in [0.2, 0.25) is 0 Å². The second-order valence-corrected chi connectivity index (χ2v) is 4.02. The molecule has 1 atom stereocenters. The van der Waals surface area contributed by atoms with Gasteiger partial charge in [0.15, 0.2) is 5.12 Å². The number of primary amides is 1. The van der Waals surface area contributed by atoms with Crippen molar-refractivity contribution in [2.45, 2.75) is 38.4 Å². The summed E-state index contributed by atoms with van der Waals surface area (Å²) < 4.78 is 0. The van der Waals surface area contributed by atoms with Crippen molar-refractivity contribution in [1.29, 1.82) is 0 Å². The summed E-state index contributed by atoms with van der Waals surface area (Å²) in [6, 6.07) is 0. The van der Waals surface area contributed by atoms with Crippen LogP contribution in [0.4, 0.5) is 0 Å². The lowest BCUT2D eigenvalue weighted by atomic mass is 10.2. The first-order chi connectivity index (χ1) is 5.57. The number of amides is 1. The highest BCUT2D eigenvalue weighted by atomic mass is 32.2. The minimum absolute atomic E-state index is 0.0464. The summed E-state index contributed by atoms with van der Waals surface area (Å²) in [5.74, 6) is -0.386. The summed E-state index contributed by atoms with van der Waals surface area (Å²) in [4.78, 5) is 21.5. The van der Waals surface area contributed by atoms with Gasteiger partial charge in [-0.1, -0.05) is 31.5 Å². The van der Waals surface area contributed by atoms with E-state index in [1.165, 1.54) is 6.92 Å². The first-order valence-corrected chi connectivity index (χ1v) is 4.92. The van der Waals surface area contributed by atoms with Gasteiger partial charge >= 0.3 is 0 Å². The summed E-state index contributed by atoms with van der Waals surface area (Å²) in [6.45, 7) is 3.49. The zero-order valence-corrected chi connectivity index (χ0v) is 8.32. The second-order valence-electron chi connectivity index (χ2n) is 2.64. The maximum Gasteiger partial charge on any atom is 0.231 e. The van der Waals surface area contributed by atoms with Crippen LogP contribution in [0.1, 0.15) is 33.1 Å². The third kappa shape index (κ3) is 5.18. The van der Waals surface area contributed by atoms with E-state index < -0.39 is 0 Å². The molecule has 12 heavy (non-hydrogen) atoms. The molecule has 4 heteroatoms. The van der Waals surface area contributed by atoms with Gasteiger partial charge in [-0.05, 0) is 6.42 Å². The van der Waals surface area contributed by atoms with Crippen molar-refractivity contribution < 1.29 is 9.59 Å². The summed E-state index contributed by atoms with van der Waals surface area (Å²) in [5.41, 5.74) is 5.11. The Morgan fingerprint density at radius 3 is 2.42 bits per heavy atom. The van der Waals surface area contributed by atoms with Crippen LogP contribution in [-0.4, -0.2) is 16.3 Å². The highest BCUT2D eigenvalue weighted by Crippen LogP contribution is 2.17. The van der Waals surface area contributed by atoms with Crippen LogP contribution in [0.3, 0.4) is 0 Å². The van der Waals surface area contributed by atoms with Crippen molar-refractivity contribution >= 4 is 22.8 Å². The molecular weight excluding hydrogens is 174 g/mol.